The number of hydrogen-bond acceptors (Lipinski definition) is 5. The fourth-order valence-corrected chi connectivity index (χ4v) is 2.01. The van der Waals surface area contributed by atoms with Gasteiger partial charge < -0.3 is 10.2 Å². The molecule has 0 radical (unpaired) electrons. The van der Waals surface area contributed by atoms with E-state index in [0.717, 1.165) is 23.3 Å². The normalized spacial score (nSPS) is 10.2. The van der Waals surface area contributed by atoms with Crippen molar-refractivity contribution in [2.45, 2.75) is 13.3 Å². The minimum absolute atomic E-state index is 0.487. The molecule has 0 fully saturated rings. The molecule has 0 atom stereocenters. The second-order valence-corrected chi connectivity index (χ2v) is 4.13. The summed E-state index contributed by atoms with van der Waals surface area (Å²) in [6.45, 7) is 3.55. The zero-order valence-corrected chi connectivity index (χ0v) is 11.2. The van der Waals surface area contributed by atoms with Gasteiger partial charge in [-0.3, -0.25) is 0 Å². The summed E-state index contributed by atoms with van der Waals surface area (Å²) < 4.78 is 0. The van der Waals surface area contributed by atoms with Gasteiger partial charge in [0.05, 0.1) is 18.0 Å². The summed E-state index contributed by atoms with van der Waals surface area (Å²) in [6.07, 6.45) is 0.487. The van der Waals surface area contributed by atoms with E-state index >= 15 is 0 Å². The van der Waals surface area contributed by atoms with E-state index in [9.17, 15) is 0 Å². The van der Waals surface area contributed by atoms with E-state index in [-0.39, 0.29) is 0 Å². The van der Waals surface area contributed by atoms with Crippen LogP contribution in [0.2, 0.25) is 0 Å². The van der Waals surface area contributed by atoms with Gasteiger partial charge in [0.25, 0.3) is 0 Å². The molecule has 98 valence electrons. The molecule has 0 aliphatic heterocycles. The molecule has 0 aliphatic carbocycles. The van der Waals surface area contributed by atoms with Gasteiger partial charge >= 0.3 is 0 Å². The van der Waals surface area contributed by atoms with Crippen molar-refractivity contribution in [1.82, 2.24) is 9.97 Å². The summed E-state index contributed by atoms with van der Waals surface area (Å²) in [7, 11) is 1.81. The number of benzene rings is 1. The van der Waals surface area contributed by atoms with Gasteiger partial charge in [-0.05, 0) is 19.1 Å². The predicted molar refractivity (Wildman–Crippen MR) is 77.2 cm³/mol. The quantitative estimate of drug-likeness (QED) is 0.888. The molecule has 2 aromatic rings. The number of aromatic nitrogens is 2. The lowest BCUT2D eigenvalue weighted by molar-refractivity contribution is 0.814. The van der Waals surface area contributed by atoms with Crippen molar-refractivity contribution < 1.29 is 0 Å². The highest BCUT2D eigenvalue weighted by atomic mass is 15.2. The number of para-hydroxylation sites is 1. The van der Waals surface area contributed by atoms with Gasteiger partial charge in [0.1, 0.15) is 5.82 Å². The maximum Gasteiger partial charge on any atom is 0.224 e. The van der Waals surface area contributed by atoms with Crippen molar-refractivity contribution in [3.8, 4) is 6.07 Å². The molecule has 1 heterocycles. The molecular formula is C14H17N5. The van der Waals surface area contributed by atoms with Crippen LogP contribution in [0.5, 0.6) is 0 Å². The van der Waals surface area contributed by atoms with E-state index in [2.05, 4.69) is 33.2 Å². The lowest BCUT2D eigenvalue weighted by Crippen LogP contribution is -2.25. The highest BCUT2D eigenvalue weighted by molar-refractivity contribution is 5.90. The van der Waals surface area contributed by atoms with E-state index in [1.54, 1.807) is 7.05 Å². The summed E-state index contributed by atoms with van der Waals surface area (Å²) in [5.74, 6) is 1.48. The molecular weight excluding hydrogens is 238 g/mol. The van der Waals surface area contributed by atoms with Gasteiger partial charge in [0.15, 0.2) is 0 Å². The number of nitrogens with zero attached hydrogens (tertiary/aromatic N) is 4. The molecule has 2 rings (SSSR count). The fourth-order valence-electron chi connectivity index (χ4n) is 2.01. The molecule has 0 unspecified atom stereocenters. The van der Waals surface area contributed by atoms with Crippen LogP contribution in [0.25, 0.3) is 10.9 Å². The predicted octanol–water partition coefficient (Wildman–Crippen LogP) is 2.41. The number of fused-ring (bicyclic) bond motifs is 1. The first-order valence-electron chi connectivity index (χ1n) is 6.36. The largest absolute Gasteiger partial charge is 0.357 e. The molecule has 0 saturated heterocycles. The van der Waals surface area contributed by atoms with Gasteiger partial charge in [0, 0.05) is 25.5 Å². The molecule has 0 saturated carbocycles. The Bertz CT molecular complexity index is 602. The Morgan fingerprint density at radius 3 is 2.79 bits per heavy atom. The van der Waals surface area contributed by atoms with E-state index in [0.29, 0.717) is 18.9 Å². The van der Waals surface area contributed by atoms with E-state index in [1.165, 1.54) is 0 Å². The van der Waals surface area contributed by atoms with Gasteiger partial charge in [-0.25, -0.2) is 4.98 Å². The van der Waals surface area contributed by atoms with Crippen LogP contribution in [0.1, 0.15) is 13.3 Å². The molecule has 0 spiro atoms. The monoisotopic (exact) mass is 255 g/mol. The van der Waals surface area contributed by atoms with E-state index in [4.69, 9.17) is 5.26 Å². The van der Waals surface area contributed by atoms with Crippen LogP contribution >= 0.6 is 0 Å². The minimum atomic E-state index is 0.487. The lowest BCUT2D eigenvalue weighted by atomic mass is 10.2. The maximum atomic E-state index is 8.75. The number of nitriles is 1. The second-order valence-electron chi connectivity index (χ2n) is 4.13. The smallest absolute Gasteiger partial charge is 0.224 e. The molecule has 1 aromatic heterocycles. The molecule has 1 aromatic carbocycles. The summed E-state index contributed by atoms with van der Waals surface area (Å²) in [5.41, 5.74) is 0.909. The standard InChI is InChI=1S/C14H17N5/c1-3-19(10-6-9-15)13-11-7-4-5-8-12(11)17-14(16-2)18-13/h4-5,7-8H,3,6,10H2,1-2H3,(H,16,17,18). The van der Waals surface area contributed by atoms with Crippen molar-refractivity contribution in [3.63, 3.8) is 0 Å². The van der Waals surface area contributed by atoms with Crippen molar-refractivity contribution in [2.75, 3.05) is 30.4 Å². The molecule has 5 heteroatoms. The minimum Gasteiger partial charge on any atom is -0.357 e. The van der Waals surface area contributed by atoms with Crippen LogP contribution in [0.3, 0.4) is 0 Å². The van der Waals surface area contributed by atoms with Crippen molar-refractivity contribution in [2.24, 2.45) is 0 Å². The highest BCUT2D eigenvalue weighted by Gasteiger charge is 2.12. The maximum absolute atomic E-state index is 8.75. The van der Waals surface area contributed by atoms with E-state index in [1.807, 2.05) is 24.3 Å². The van der Waals surface area contributed by atoms with Crippen LogP contribution in [0.4, 0.5) is 11.8 Å². The molecule has 0 bridgehead atoms. The Kier molecular flexibility index (Phi) is 4.14. The first kappa shape index (κ1) is 13.1. The van der Waals surface area contributed by atoms with Crippen molar-refractivity contribution in [3.05, 3.63) is 24.3 Å². The first-order valence-corrected chi connectivity index (χ1v) is 6.36. The van der Waals surface area contributed by atoms with Gasteiger partial charge in [-0.1, -0.05) is 12.1 Å². The summed E-state index contributed by atoms with van der Waals surface area (Å²) in [5, 5.41) is 12.7. The van der Waals surface area contributed by atoms with Crippen LogP contribution in [0, 0.1) is 11.3 Å². The third-order valence-corrected chi connectivity index (χ3v) is 2.98. The SMILES string of the molecule is CCN(CCC#N)c1nc(NC)nc2ccccc12. The third kappa shape index (κ3) is 2.74. The molecule has 0 aliphatic rings. The average Bonchev–Trinajstić information content (AvgIpc) is 2.47. The zero-order valence-electron chi connectivity index (χ0n) is 11.2. The summed E-state index contributed by atoms with van der Waals surface area (Å²) >= 11 is 0. The van der Waals surface area contributed by atoms with Gasteiger partial charge in [0.2, 0.25) is 5.95 Å². The topological polar surface area (TPSA) is 64.8 Å². The number of anilines is 2. The van der Waals surface area contributed by atoms with Gasteiger partial charge in [-0.15, -0.1) is 0 Å². The molecule has 19 heavy (non-hydrogen) atoms. The second kappa shape index (κ2) is 6.01. The molecule has 0 amide bonds. The Labute approximate surface area is 112 Å². The van der Waals surface area contributed by atoms with Crippen LogP contribution < -0.4 is 10.2 Å². The van der Waals surface area contributed by atoms with Crippen LogP contribution in [-0.4, -0.2) is 30.1 Å². The average molecular weight is 255 g/mol. The van der Waals surface area contributed by atoms with Gasteiger partial charge in [-0.2, -0.15) is 10.2 Å². The van der Waals surface area contributed by atoms with Crippen molar-refractivity contribution >= 4 is 22.7 Å². The Morgan fingerprint density at radius 1 is 1.32 bits per heavy atom. The zero-order chi connectivity index (χ0) is 13.7. The number of rotatable bonds is 5. The highest BCUT2D eigenvalue weighted by Crippen LogP contribution is 2.25. The molecule has 1 N–H and O–H groups in total. The summed E-state index contributed by atoms with van der Waals surface area (Å²) in [6, 6.07) is 10.1. The van der Waals surface area contributed by atoms with E-state index < -0.39 is 0 Å². The Hall–Kier alpha value is -2.35. The Morgan fingerprint density at radius 2 is 2.11 bits per heavy atom. The lowest BCUT2D eigenvalue weighted by Gasteiger charge is -2.22. The summed E-state index contributed by atoms with van der Waals surface area (Å²) in [4.78, 5) is 11.1. The first-order chi connectivity index (χ1) is 9.30. The van der Waals surface area contributed by atoms with Crippen molar-refractivity contribution in [1.29, 1.82) is 5.26 Å². The van der Waals surface area contributed by atoms with Crippen LogP contribution in [-0.2, 0) is 0 Å². The number of hydrogen-bond donors (Lipinski definition) is 1. The Balaban J connectivity index is 2.53. The molecule has 5 nitrogen and oxygen atoms in total. The fraction of sp³-hybridized carbons (Fsp3) is 0.357. The van der Waals surface area contributed by atoms with Crippen LogP contribution in [0.15, 0.2) is 24.3 Å². The third-order valence-electron chi connectivity index (χ3n) is 2.98. The number of nitrogens with one attached hydrogen (secondary N) is 1.